The summed E-state index contributed by atoms with van der Waals surface area (Å²) in [6, 6.07) is 21.5. The molecule has 2 N–H and O–H groups in total. The number of para-hydroxylation sites is 2. The SMILES string of the molecule is COC(=O)c1ccc2[nH][c-]nc2c1.O=PO.[Na+].c1ccc2c(c1)Cc1ccccc1O2. The molecule has 0 saturated heterocycles. The Morgan fingerprint density at radius 2 is 1.68 bits per heavy atom. The topological polar surface area (TPSA) is 102 Å². The Morgan fingerprint density at radius 1 is 1.10 bits per heavy atom. The maximum Gasteiger partial charge on any atom is 1.00 e. The van der Waals surface area contributed by atoms with Gasteiger partial charge in [0.2, 0.25) is 0 Å². The van der Waals surface area contributed by atoms with E-state index < -0.39 is 8.69 Å². The first kappa shape index (κ1) is 24.7. The predicted molar refractivity (Wildman–Crippen MR) is 112 cm³/mol. The number of fused-ring (bicyclic) bond motifs is 3. The number of methoxy groups -OCH3 is 1. The van der Waals surface area contributed by atoms with E-state index >= 15 is 0 Å². The molecular weight excluding hydrogens is 426 g/mol. The number of hydrogen-bond acceptors (Lipinski definition) is 5. The zero-order chi connectivity index (χ0) is 21.3. The molecule has 152 valence electrons. The number of hydrogen-bond donors (Lipinski definition) is 2. The van der Waals surface area contributed by atoms with E-state index in [1.165, 1.54) is 18.2 Å². The van der Waals surface area contributed by atoms with Gasteiger partial charge in [-0.15, -0.1) is 6.07 Å². The van der Waals surface area contributed by atoms with E-state index in [9.17, 15) is 4.79 Å². The van der Waals surface area contributed by atoms with E-state index in [1.807, 2.05) is 24.3 Å². The van der Waals surface area contributed by atoms with E-state index in [0.717, 1.165) is 23.4 Å². The second-order valence-electron chi connectivity index (χ2n) is 6.15. The van der Waals surface area contributed by atoms with Crippen molar-refractivity contribution in [1.82, 2.24) is 9.97 Å². The van der Waals surface area contributed by atoms with E-state index in [4.69, 9.17) is 14.2 Å². The van der Waals surface area contributed by atoms with Crippen LogP contribution in [0.2, 0.25) is 0 Å². The molecule has 31 heavy (non-hydrogen) atoms. The smallest absolute Gasteiger partial charge is 0.465 e. The number of carbonyl (C=O) groups excluding carboxylic acids is 1. The van der Waals surface area contributed by atoms with Gasteiger partial charge in [0, 0.05) is 12.0 Å². The third-order valence-electron chi connectivity index (χ3n) is 4.33. The van der Waals surface area contributed by atoms with Crippen molar-refractivity contribution < 1.29 is 53.3 Å². The summed E-state index contributed by atoms with van der Waals surface area (Å²) in [5, 5.41) is 0. The molecule has 3 aromatic carbocycles. The minimum absolute atomic E-state index is 0. The first-order chi connectivity index (χ1) is 14.7. The molecule has 0 spiro atoms. The molecule has 9 heteroatoms. The molecule has 1 aliphatic rings. The number of imidazole rings is 1. The van der Waals surface area contributed by atoms with Crippen LogP contribution in [-0.4, -0.2) is 27.9 Å². The van der Waals surface area contributed by atoms with Gasteiger partial charge in [-0.1, -0.05) is 59.6 Å². The average Bonchev–Trinajstić information content (AvgIpc) is 3.26. The van der Waals surface area contributed by atoms with Crippen molar-refractivity contribution in [3.63, 3.8) is 0 Å². The number of aromatic amines is 1. The van der Waals surface area contributed by atoms with Crippen LogP contribution in [0.5, 0.6) is 11.5 Å². The van der Waals surface area contributed by atoms with Crippen LogP contribution in [0.3, 0.4) is 0 Å². The van der Waals surface area contributed by atoms with Crippen LogP contribution >= 0.6 is 8.69 Å². The molecule has 0 bridgehead atoms. The Balaban J connectivity index is 0.000000191. The van der Waals surface area contributed by atoms with Crippen LogP contribution in [0.1, 0.15) is 21.5 Å². The van der Waals surface area contributed by atoms with E-state index in [0.29, 0.717) is 11.1 Å². The van der Waals surface area contributed by atoms with Gasteiger partial charge in [-0.2, -0.15) is 0 Å². The van der Waals surface area contributed by atoms with Gasteiger partial charge in [0.05, 0.1) is 7.11 Å². The zero-order valence-corrected chi connectivity index (χ0v) is 19.9. The average molecular weight is 444 g/mol. The van der Waals surface area contributed by atoms with Gasteiger partial charge in [0.25, 0.3) is 0 Å². The van der Waals surface area contributed by atoms with Gasteiger partial charge in [0.1, 0.15) is 11.5 Å². The van der Waals surface area contributed by atoms with Crippen molar-refractivity contribution in [3.8, 4) is 11.5 Å². The first-order valence-corrected chi connectivity index (χ1v) is 9.67. The van der Waals surface area contributed by atoms with Crippen molar-refractivity contribution in [1.29, 1.82) is 0 Å². The van der Waals surface area contributed by atoms with Crippen molar-refractivity contribution in [2.24, 2.45) is 0 Å². The van der Waals surface area contributed by atoms with Gasteiger partial charge < -0.3 is 24.3 Å². The molecule has 0 amide bonds. The number of aromatic nitrogens is 2. The third-order valence-corrected chi connectivity index (χ3v) is 4.33. The summed E-state index contributed by atoms with van der Waals surface area (Å²) in [5.74, 6) is 1.63. The maximum atomic E-state index is 11.1. The van der Waals surface area contributed by atoms with Crippen molar-refractivity contribution in [3.05, 3.63) is 89.7 Å². The molecule has 7 nitrogen and oxygen atoms in total. The fourth-order valence-electron chi connectivity index (χ4n) is 2.95. The molecule has 0 atom stereocenters. The Kier molecular flexibility index (Phi) is 9.85. The van der Waals surface area contributed by atoms with Crippen LogP contribution in [-0.2, 0) is 15.7 Å². The number of H-pyrrole nitrogens is 1. The number of esters is 1. The molecule has 1 aliphatic heterocycles. The molecular formula is C22H18N2NaO5P. The molecule has 4 aromatic rings. The maximum absolute atomic E-state index is 11.1. The van der Waals surface area contributed by atoms with E-state index in [1.54, 1.807) is 18.2 Å². The van der Waals surface area contributed by atoms with Gasteiger partial charge in [-0.05, 0) is 29.6 Å². The minimum Gasteiger partial charge on any atom is -0.465 e. The summed E-state index contributed by atoms with van der Waals surface area (Å²) in [7, 11) is 0.517. The van der Waals surface area contributed by atoms with E-state index in [-0.39, 0.29) is 35.5 Å². The standard InChI is InChI=1S/C13H10O.C9H7N2O2.Na.HO2P/c1-3-7-12-10(5-1)9-11-6-2-4-8-13(11)14-12;1-13-9(12)6-2-3-7-8(4-6)11-5-10-7;;1-3-2/h1-8H,9H2;2-4H,1H3,(H,10,11);;(H,1,2)/q;-1;+1;. The second kappa shape index (κ2) is 12.3. The number of benzene rings is 3. The molecule has 1 aromatic heterocycles. The summed E-state index contributed by atoms with van der Waals surface area (Å²) in [4.78, 5) is 24.8. The fraction of sp³-hybridized carbons (Fsp3) is 0.0909. The molecule has 0 saturated carbocycles. The van der Waals surface area contributed by atoms with Gasteiger partial charge in [0.15, 0.2) is 0 Å². The van der Waals surface area contributed by atoms with Crippen LogP contribution in [0.25, 0.3) is 11.0 Å². The summed E-state index contributed by atoms with van der Waals surface area (Å²) in [6.45, 7) is 0. The first-order valence-electron chi connectivity index (χ1n) is 8.90. The largest absolute Gasteiger partial charge is 1.00 e. The number of ether oxygens (including phenoxy) is 2. The van der Waals surface area contributed by atoms with Crippen LogP contribution in [0.15, 0.2) is 66.7 Å². The molecule has 5 rings (SSSR count). The fourth-order valence-corrected chi connectivity index (χ4v) is 2.95. The summed E-state index contributed by atoms with van der Waals surface area (Å²) >= 11 is 0. The number of nitrogens with one attached hydrogen (secondary N) is 1. The molecule has 0 aliphatic carbocycles. The predicted octanol–water partition coefficient (Wildman–Crippen LogP) is 1.72. The zero-order valence-electron chi connectivity index (χ0n) is 17.0. The van der Waals surface area contributed by atoms with E-state index in [2.05, 4.69) is 45.3 Å². The van der Waals surface area contributed by atoms with Gasteiger partial charge in [-0.3, -0.25) is 0 Å². The quantitative estimate of drug-likeness (QED) is 0.177. The van der Waals surface area contributed by atoms with Crippen molar-refractivity contribution in [2.45, 2.75) is 6.42 Å². The summed E-state index contributed by atoms with van der Waals surface area (Å²) in [5.41, 5.74) is 4.60. The monoisotopic (exact) mass is 444 g/mol. The number of rotatable bonds is 1. The molecule has 0 radical (unpaired) electrons. The number of nitrogens with zero attached hydrogens (tertiary/aromatic N) is 1. The van der Waals surface area contributed by atoms with Crippen molar-refractivity contribution in [2.75, 3.05) is 7.11 Å². The normalized spacial score (nSPS) is 10.6. The van der Waals surface area contributed by atoms with Crippen LogP contribution in [0, 0.1) is 6.33 Å². The third kappa shape index (κ3) is 6.47. The Bertz CT molecular complexity index is 1080. The second-order valence-corrected chi connectivity index (χ2v) is 6.31. The van der Waals surface area contributed by atoms with Crippen LogP contribution < -0.4 is 34.3 Å². The minimum atomic E-state index is -0.833. The van der Waals surface area contributed by atoms with Gasteiger partial charge >= 0.3 is 44.2 Å². The summed E-state index contributed by atoms with van der Waals surface area (Å²) < 4.78 is 18.8. The Hall–Kier alpha value is -2.54. The Morgan fingerprint density at radius 3 is 2.26 bits per heavy atom. The van der Waals surface area contributed by atoms with Crippen LogP contribution in [0.4, 0.5) is 0 Å². The van der Waals surface area contributed by atoms with Gasteiger partial charge in [-0.25, -0.2) is 9.36 Å². The van der Waals surface area contributed by atoms with Crippen molar-refractivity contribution >= 4 is 25.7 Å². The molecule has 0 fully saturated rings. The Labute approximate surface area is 203 Å². The molecule has 0 unspecified atom stereocenters. The number of carbonyl (C=O) groups is 1. The summed E-state index contributed by atoms with van der Waals surface area (Å²) in [6.07, 6.45) is 3.57. The molecule has 2 heterocycles.